The Kier molecular flexibility index (Phi) is 4.45. The van der Waals surface area contributed by atoms with E-state index in [1.807, 2.05) is 11.9 Å². The van der Waals surface area contributed by atoms with Gasteiger partial charge in [0.05, 0.1) is 23.5 Å². The van der Waals surface area contributed by atoms with E-state index in [1.54, 1.807) is 13.0 Å². The number of amides is 1. The first-order valence-corrected chi connectivity index (χ1v) is 7.93. The second-order valence-corrected chi connectivity index (χ2v) is 6.15. The lowest BCUT2D eigenvalue weighted by Crippen LogP contribution is -2.43. The molecule has 0 saturated heterocycles. The van der Waals surface area contributed by atoms with Gasteiger partial charge in [-0.2, -0.15) is 13.9 Å². The maximum atomic E-state index is 13.7. The number of halogens is 3. The van der Waals surface area contributed by atoms with Crippen LogP contribution in [0.1, 0.15) is 23.5 Å². The number of fused-ring (bicyclic) bond motifs is 1. The highest BCUT2D eigenvalue weighted by Crippen LogP contribution is 2.33. The van der Waals surface area contributed by atoms with Crippen molar-refractivity contribution in [1.82, 2.24) is 9.78 Å². The van der Waals surface area contributed by atoms with Gasteiger partial charge < -0.3 is 9.80 Å². The largest absolute Gasteiger partial charge is 0.371 e. The minimum atomic E-state index is -2.75. The second-order valence-electron chi connectivity index (χ2n) is 6.15. The van der Waals surface area contributed by atoms with Crippen LogP contribution in [-0.2, 0) is 11.2 Å². The van der Waals surface area contributed by atoms with Crippen LogP contribution in [0.3, 0.4) is 0 Å². The minimum Gasteiger partial charge on any atom is -0.371 e. The molecule has 0 saturated carbocycles. The Morgan fingerprint density at radius 1 is 1.24 bits per heavy atom. The molecule has 2 heterocycles. The van der Waals surface area contributed by atoms with Crippen LogP contribution in [0.2, 0.25) is 0 Å². The van der Waals surface area contributed by atoms with Gasteiger partial charge in [-0.25, -0.2) is 9.07 Å². The van der Waals surface area contributed by atoms with Gasteiger partial charge in [-0.05, 0) is 32.0 Å². The highest BCUT2D eigenvalue weighted by atomic mass is 19.3. The lowest BCUT2D eigenvalue weighted by molar-refractivity contribution is -0.118. The Bertz CT molecular complexity index is 818. The number of aryl methyl sites for hydroxylation is 1. The van der Waals surface area contributed by atoms with Gasteiger partial charge in [0.15, 0.2) is 0 Å². The average molecular weight is 352 g/mol. The summed E-state index contributed by atoms with van der Waals surface area (Å²) in [6.07, 6.45) is -0.0515. The first-order valence-electron chi connectivity index (χ1n) is 7.93. The molecule has 5 nitrogen and oxygen atoms in total. The summed E-state index contributed by atoms with van der Waals surface area (Å²) in [6.45, 7) is 1.39. The summed E-state index contributed by atoms with van der Waals surface area (Å²) in [5, 5.41) is 3.81. The molecule has 2 aromatic rings. The van der Waals surface area contributed by atoms with E-state index in [0.29, 0.717) is 34.7 Å². The van der Waals surface area contributed by atoms with Gasteiger partial charge in [0.25, 0.3) is 0 Å². The predicted octanol–water partition coefficient (Wildman–Crippen LogP) is 3.06. The Labute approximate surface area is 143 Å². The summed E-state index contributed by atoms with van der Waals surface area (Å²) in [5.41, 5.74) is 2.42. The van der Waals surface area contributed by atoms with Crippen LogP contribution < -0.4 is 9.80 Å². The van der Waals surface area contributed by atoms with Crippen LogP contribution in [-0.4, -0.2) is 35.8 Å². The second kappa shape index (κ2) is 6.42. The first kappa shape index (κ1) is 17.3. The third-order valence-corrected chi connectivity index (χ3v) is 4.59. The van der Waals surface area contributed by atoms with Crippen molar-refractivity contribution in [1.29, 1.82) is 0 Å². The zero-order valence-electron chi connectivity index (χ0n) is 14.3. The third-order valence-electron chi connectivity index (χ3n) is 4.59. The van der Waals surface area contributed by atoms with Gasteiger partial charge >= 0.3 is 6.55 Å². The summed E-state index contributed by atoms with van der Waals surface area (Å²) in [6, 6.07) is 4.31. The van der Waals surface area contributed by atoms with Crippen molar-refractivity contribution in [3.8, 4) is 0 Å². The van der Waals surface area contributed by atoms with E-state index in [4.69, 9.17) is 0 Å². The van der Waals surface area contributed by atoms with E-state index in [9.17, 15) is 18.0 Å². The van der Waals surface area contributed by atoms with E-state index in [1.165, 1.54) is 24.0 Å². The standard InChI is InChI=1S/C17H19F3N4O/c1-10-13(11(2)24(21-10)17(19)20)9-16(25)23-7-6-22(3)14-5-4-12(18)8-15(14)23/h4-5,8,17H,6-7,9H2,1-3H3. The van der Waals surface area contributed by atoms with Gasteiger partial charge in [0.2, 0.25) is 5.91 Å². The Morgan fingerprint density at radius 3 is 2.60 bits per heavy atom. The normalized spacial score (nSPS) is 14.2. The Balaban J connectivity index is 1.91. The van der Waals surface area contributed by atoms with E-state index in [2.05, 4.69) is 5.10 Å². The lowest BCUT2D eigenvalue weighted by Gasteiger charge is -2.35. The number of hydrogen-bond donors (Lipinski definition) is 0. The Hall–Kier alpha value is -2.51. The predicted molar refractivity (Wildman–Crippen MR) is 88.7 cm³/mol. The number of carbonyl (C=O) groups excluding carboxylic acids is 1. The van der Waals surface area contributed by atoms with Crippen LogP contribution in [0.15, 0.2) is 18.2 Å². The molecule has 1 amide bonds. The van der Waals surface area contributed by atoms with Gasteiger partial charge in [-0.15, -0.1) is 0 Å². The molecule has 0 aliphatic carbocycles. The molecule has 1 aliphatic rings. The number of benzene rings is 1. The van der Waals surface area contributed by atoms with Crippen molar-refractivity contribution in [2.45, 2.75) is 26.8 Å². The zero-order valence-corrected chi connectivity index (χ0v) is 14.3. The maximum Gasteiger partial charge on any atom is 0.333 e. The molecule has 3 rings (SSSR count). The summed E-state index contributed by atoms with van der Waals surface area (Å²) >= 11 is 0. The fourth-order valence-electron chi connectivity index (χ4n) is 3.18. The smallest absolute Gasteiger partial charge is 0.333 e. The van der Waals surface area contributed by atoms with Crippen LogP contribution in [0, 0.1) is 19.7 Å². The lowest BCUT2D eigenvalue weighted by atomic mass is 10.1. The summed E-state index contributed by atoms with van der Waals surface area (Å²) in [4.78, 5) is 16.3. The molecule has 1 aromatic carbocycles. The van der Waals surface area contributed by atoms with Crippen molar-refractivity contribution in [2.24, 2.45) is 0 Å². The fraction of sp³-hybridized carbons (Fsp3) is 0.412. The number of likely N-dealkylation sites (N-methyl/N-ethyl adjacent to an activating group) is 1. The van der Waals surface area contributed by atoms with E-state index < -0.39 is 12.4 Å². The number of anilines is 2. The highest BCUT2D eigenvalue weighted by Gasteiger charge is 2.27. The average Bonchev–Trinajstić information content (AvgIpc) is 2.83. The molecule has 0 atom stereocenters. The number of carbonyl (C=O) groups is 1. The molecule has 0 spiro atoms. The van der Waals surface area contributed by atoms with Crippen LogP contribution in [0.5, 0.6) is 0 Å². The molecule has 0 bridgehead atoms. The SMILES string of the molecule is Cc1nn(C(F)F)c(C)c1CC(=O)N1CCN(C)c2ccc(F)cc21. The van der Waals surface area contributed by atoms with Crippen molar-refractivity contribution in [2.75, 3.05) is 29.9 Å². The van der Waals surface area contributed by atoms with Gasteiger partial charge in [-0.3, -0.25) is 4.79 Å². The number of aromatic nitrogens is 2. The highest BCUT2D eigenvalue weighted by molar-refractivity contribution is 5.99. The molecular weight excluding hydrogens is 333 g/mol. The van der Waals surface area contributed by atoms with Crippen molar-refractivity contribution in [3.63, 3.8) is 0 Å². The van der Waals surface area contributed by atoms with Gasteiger partial charge in [0.1, 0.15) is 5.82 Å². The van der Waals surface area contributed by atoms with Gasteiger partial charge in [0, 0.05) is 31.4 Å². The molecule has 0 fully saturated rings. The molecule has 8 heteroatoms. The van der Waals surface area contributed by atoms with Gasteiger partial charge in [-0.1, -0.05) is 0 Å². The quantitative estimate of drug-likeness (QED) is 0.853. The molecule has 0 unspecified atom stereocenters. The number of nitrogens with zero attached hydrogens (tertiary/aromatic N) is 4. The van der Waals surface area contributed by atoms with Crippen molar-refractivity contribution in [3.05, 3.63) is 41.0 Å². The zero-order chi connectivity index (χ0) is 18.3. The van der Waals surface area contributed by atoms with Crippen molar-refractivity contribution < 1.29 is 18.0 Å². The molecule has 25 heavy (non-hydrogen) atoms. The number of hydrogen-bond acceptors (Lipinski definition) is 3. The van der Waals surface area contributed by atoms with E-state index in [-0.39, 0.29) is 18.0 Å². The molecule has 1 aromatic heterocycles. The monoisotopic (exact) mass is 352 g/mol. The fourth-order valence-corrected chi connectivity index (χ4v) is 3.18. The summed E-state index contributed by atoms with van der Waals surface area (Å²) in [5.74, 6) is -0.690. The molecular formula is C17H19F3N4O. The summed E-state index contributed by atoms with van der Waals surface area (Å²) in [7, 11) is 1.87. The number of rotatable bonds is 3. The van der Waals surface area contributed by atoms with Crippen LogP contribution in [0.25, 0.3) is 0 Å². The molecule has 134 valence electrons. The molecule has 0 N–H and O–H groups in total. The third kappa shape index (κ3) is 3.08. The molecule has 1 aliphatic heterocycles. The minimum absolute atomic E-state index is 0.0515. The number of alkyl halides is 2. The molecule has 0 radical (unpaired) electrons. The topological polar surface area (TPSA) is 41.4 Å². The Morgan fingerprint density at radius 2 is 1.96 bits per heavy atom. The van der Waals surface area contributed by atoms with E-state index in [0.717, 1.165) is 5.69 Å². The van der Waals surface area contributed by atoms with E-state index >= 15 is 0 Å². The van der Waals surface area contributed by atoms with Crippen LogP contribution in [0.4, 0.5) is 24.5 Å². The van der Waals surface area contributed by atoms with Crippen molar-refractivity contribution >= 4 is 17.3 Å². The maximum absolute atomic E-state index is 13.7. The first-order chi connectivity index (χ1) is 11.8. The summed E-state index contributed by atoms with van der Waals surface area (Å²) < 4.78 is 40.2. The van der Waals surface area contributed by atoms with Crippen LogP contribution >= 0.6 is 0 Å².